The van der Waals surface area contributed by atoms with Crippen molar-refractivity contribution in [3.63, 3.8) is 0 Å². The number of hydrogen-bond donors (Lipinski definition) is 1. The first-order chi connectivity index (χ1) is 31.3. The zero-order valence-electron chi connectivity index (χ0n) is 34.7. The number of nitrogens with zero attached hydrogens (tertiary/aromatic N) is 3. The van der Waals surface area contributed by atoms with Gasteiger partial charge < -0.3 is 9.88 Å². The smallest absolute Gasteiger partial charge is 0.159 e. The fourth-order valence-electron chi connectivity index (χ4n) is 10.9. The van der Waals surface area contributed by atoms with Crippen LogP contribution in [0.15, 0.2) is 221 Å². The van der Waals surface area contributed by atoms with Crippen LogP contribution >= 0.6 is 11.3 Å². The van der Waals surface area contributed by atoms with Gasteiger partial charge in [0.1, 0.15) is 12.0 Å². The molecule has 4 aliphatic carbocycles. The first kappa shape index (κ1) is 36.6. The molecule has 13 rings (SSSR count). The third-order valence-electron chi connectivity index (χ3n) is 13.9. The Bertz CT molecular complexity index is 3410. The number of benzene rings is 6. The summed E-state index contributed by atoms with van der Waals surface area (Å²) in [5.41, 5.74) is 12.6. The van der Waals surface area contributed by atoms with Gasteiger partial charge in [0.15, 0.2) is 5.84 Å². The van der Waals surface area contributed by atoms with E-state index in [0.29, 0.717) is 0 Å². The van der Waals surface area contributed by atoms with E-state index in [1.807, 2.05) is 11.3 Å². The van der Waals surface area contributed by atoms with Gasteiger partial charge in [-0.05, 0) is 65.3 Å². The van der Waals surface area contributed by atoms with Gasteiger partial charge in [-0.25, -0.2) is 9.98 Å². The second-order valence-electron chi connectivity index (χ2n) is 17.5. The molecule has 6 aromatic carbocycles. The Morgan fingerprint density at radius 1 is 0.619 bits per heavy atom. The van der Waals surface area contributed by atoms with Crippen LogP contribution in [0, 0.1) is 17.8 Å². The SMILES string of the molecule is C1=CC[C@H](C2N=C(c3ccc(-c4ccccc4)cc3)N=C(C3=CC(C4=CCCC=C4)=C(n4c5ccccc5c5ccc6c7ccccc7sc6c54)[C@H]4C3C4c3ccccc3)N2)C=C1. The van der Waals surface area contributed by atoms with Crippen LogP contribution in [0.3, 0.4) is 0 Å². The van der Waals surface area contributed by atoms with Gasteiger partial charge >= 0.3 is 0 Å². The highest BCUT2D eigenvalue weighted by Gasteiger charge is 2.59. The van der Waals surface area contributed by atoms with Crippen LogP contribution in [-0.4, -0.2) is 22.4 Å². The Morgan fingerprint density at radius 3 is 2.17 bits per heavy atom. The summed E-state index contributed by atoms with van der Waals surface area (Å²) in [6.07, 6.45) is 21.4. The average molecular weight is 829 g/mol. The molecule has 1 N–H and O–H groups in total. The van der Waals surface area contributed by atoms with Gasteiger partial charge in [-0.1, -0.05) is 176 Å². The minimum atomic E-state index is -0.156. The van der Waals surface area contributed by atoms with Crippen molar-refractivity contribution in [3.8, 4) is 11.1 Å². The number of aromatic nitrogens is 1. The largest absolute Gasteiger partial charge is 0.348 e. The van der Waals surface area contributed by atoms with Crippen LogP contribution in [0.2, 0.25) is 0 Å². The molecular formula is C58H44N4S. The van der Waals surface area contributed by atoms with E-state index in [9.17, 15) is 0 Å². The van der Waals surface area contributed by atoms with Crippen LogP contribution in [0.5, 0.6) is 0 Å². The Morgan fingerprint density at radius 2 is 1.37 bits per heavy atom. The predicted octanol–water partition coefficient (Wildman–Crippen LogP) is 14.2. The van der Waals surface area contributed by atoms with E-state index in [2.05, 4.69) is 204 Å². The normalized spacial score (nSPS) is 22.8. The highest BCUT2D eigenvalue weighted by atomic mass is 32.1. The standard InChI is InChI=1S/C58H44N4S/c1-5-17-36(18-6-1)37-29-31-41(32-30-37)57-59-56(40-23-11-4-12-24-40)60-58(61-57)47-35-46(38-19-7-2-8-20-38)53(52-50(51(47)52)39-21-9-3-10-22-39)62-48-27-15-13-25-42(48)44-33-34-45-43-26-14-16-28-49(43)63-55(45)54(44)62/h1,3-7,9-23,25-35,40,50-52,56H,2,8,24H2,(H,59,60,61)/t40-,50?,51?,52-,56?/m1/s1. The van der Waals surface area contributed by atoms with Crippen molar-refractivity contribution in [1.29, 1.82) is 0 Å². The number of rotatable bonds is 7. The van der Waals surface area contributed by atoms with Crippen molar-refractivity contribution in [3.05, 3.63) is 222 Å². The van der Waals surface area contributed by atoms with Crippen LogP contribution < -0.4 is 5.32 Å². The summed E-state index contributed by atoms with van der Waals surface area (Å²) >= 11 is 1.93. The Hall–Kier alpha value is -7.08. The topological polar surface area (TPSA) is 41.7 Å². The number of thiophene rings is 1. The summed E-state index contributed by atoms with van der Waals surface area (Å²) in [5, 5.41) is 9.23. The summed E-state index contributed by atoms with van der Waals surface area (Å²) < 4.78 is 5.37. The van der Waals surface area contributed by atoms with Crippen LogP contribution in [0.1, 0.15) is 36.3 Å². The lowest BCUT2D eigenvalue weighted by atomic mass is 9.88. The number of aliphatic imine (C=N–C) groups is 2. The lowest BCUT2D eigenvalue weighted by molar-refractivity contribution is 0.474. The Labute approximate surface area is 371 Å². The summed E-state index contributed by atoms with van der Waals surface area (Å²) in [6, 6.07) is 53.3. The van der Waals surface area contributed by atoms with Gasteiger partial charge in [0, 0.05) is 66.8 Å². The number of allylic oxidation sites excluding steroid dienone is 10. The zero-order valence-corrected chi connectivity index (χ0v) is 35.5. The molecule has 2 aromatic heterocycles. The van der Waals surface area contributed by atoms with E-state index in [4.69, 9.17) is 9.98 Å². The molecule has 3 heterocycles. The van der Waals surface area contributed by atoms with Crippen LogP contribution in [-0.2, 0) is 0 Å². The van der Waals surface area contributed by atoms with Gasteiger partial charge in [-0.3, -0.25) is 0 Å². The number of amidine groups is 2. The first-order valence-corrected chi connectivity index (χ1v) is 23.2. The van der Waals surface area contributed by atoms with E-state index in [0.717, 1.165) is 36.5 Å². The maximum Gasteiger partial charge on any atom is 0.159 e. The summed E-state index contributed by atoms with van der Waals surface area (Å²) in [5.74, 6) is 2.64. The molecule has 8 aromatic rings. The fourth-order valence-corrected chi connectivity index (χ4v) is 12.1. The van der Waals surface area contributed by atoms with E-state index in [1.54, 1.807) is 0 Å². The second-order valence-corrected chi connectivity index (χ2v) is 18.5. The van der Waals surface area contributed by atoms with Gasteiger partial charge in [0.05, 0.1) is 15.7 Å². The molecule has 0 radical (unpaired) electrons. The highest BCUT2D eigenvalue weighted by molar-refractivity contribution is 7.26. The van der Waals surface area contributed by atoms with Crippen molar-refractivity contribution >= 4 is 70.7 Å². The zero-order chi connectivity index (χ0) is 41.4. The molecule has 0 amide bonds. The Balaban J connectivity index is 1.06. The molecule has 1 fully saturated rings. The fraction of sp³-hybridized carbons (Fsp3) is 0.138. The molecule has 4 nitrogen and oxygen atoms in total. The monoisotopic (exact) mass is 828 g/mol. The third-order valence-corrected chi connectivity index (χ3v) is 15.1. The molecule has 1 saturated carbocycles. The molecule has 5 atom stereocenters. The molecule has 0 spiro atoms. The Kier molecular flexibility index (Phi) is 8.58. The lowest BCUT2D eigenvalue weighted by Crippen LogP contribution is -2.44. The molecule has 0 saturated heterocycles. The maximum absolute atomic E-state index is 5.54. The average Bonchev–Trinajstić information content (AvgIpc) is 3.86. The quantitative estimate of drug-likeness (QED) is 0.171. The summed E-state index contributed by atoms with van der Waals surface area (Å²) in [4.78, 5) is 10.9. The summed E-state index contributed by atoms with van der Waals surface area (Å²) in [7, 11) is 0. The molecular weight excluding hydrogens is 785 g/mol. The third kappa shape index (κ3) is 6.01. The minimum Gasteiger partial charge on any atom is -0.348 e. The van der Waals surface area contributed by atoms with Gasteiger partial charge in [-0.15, -0.1) is 11.3 Å². The molecule has 63 heavy (non-hydrogen) atoms. The van der Waals surface area contributed by atoms with E-state index in [-0.39, 0.29) is 29.8 Å². The first-order valence-electron chi connectivity index (χ1n) is 22.4. The predicted molar refractivity (Wildman–Crippen MR) is 265 cm³/mol. The maximum atomic E-state index is 5.54. The van der Waals surface area contributed by atoms with Crippen molar-refractivity contribution in [2.45, 2.75) is 31.3 Å². The molecule has 5 heteroatoms. The molecule has 5 aliphatic rings. The van der Waals surface area contributed by atoms with Gasteiger partial charge in [0.2, 0.25) is 0 Å². The number of para-hydroxylation sites is 1. The van der Waals surface area contributed by atoms with Gasteiger partial charge in [-0.2, -0.15) is 0 Å². The number of nitrogens with one attached hydrogen (secondary N) is 1. The van der Waals surface area contributed by atoms with Crippen molar-refractivity contribution in [1.82, 2.24) is 9.88 Å². The van der Waals surface area contributed by atoms with Crippen LogP contribution in [0.4, 0.5) is 0 Å². The van der Waals surface area contributed by atoms with Crippen molar-refractivity contribution in [2.24, 2.45) is 27.7 Å². The second kappa shape index (κ2) is 14.8. The minimum absolute atomic E-state index is 0.156. The molecule has 302 valence electrons. The number of fused-ring (bicyclic) bond motifs is 8. The van der Waals surface area contributed by atoms with E-state index in [1.165, 1.54) is 81.1 Å². The van der Waals surface area contributed by atoms with Crippen molar-refractivity contribution in [2.75, 3.05) is 0 Å². The number of hydrogen-bond acceptors (Lipinski definition) is 4. The van der Waals surface area contributed by atoms with E-state index >= 15 is 0 Å². The van der Waals surface area contributed by atoms with Gasteiger partial charge in [0.25, 0.3) is 0 Å². The lowest BCUT2D eigenvalue weighted by Gasteiger charge is -2.31. The highest BCUT2D eigenvalue weighted by Crippen LogP contribution is 2.66. The van der Waals surface area contributed by atoms with Crippen LogP contribution in [0.25, 0.3) is 58.8 Å². The van der Waals surface area contributed by atoms with E-state index < -0.39 is 0 Å². The van der Waals surface area contributed by atoms with Crippen molar-refractivity contribution < 1.29 is 0 Å². The summed E-state index contributed by atoms with van der Waals surface area (Å²) in [6.45, 7) is 0. The molecule has 1 aliphatic heterocycles. The molecule has 3 unspecified atom stereocenters. The molecule has 0 bridgehead atoms.